The molecule has 0 atom stereocenters. The Labute approximate surface area is 112 Å². The van der Waals surface area contributed by atoms with Gasteiger partial charge in [-0.2, -0.15) is 11.8 Å². The monoisotopic (exact) mass is 265 g/mol. The molecule has 18 heavy (non-hydrogen) atoms. The highest BCUT2D eigenvalue weighted by molar-refractivity contribution is 8.00. The Hall–Kier alpha value is -1.16. The van der Waals surface area contributed by atoms with E-state index in [1.807, 2.05) is 18.7 Å². The quantitative estimate of drug-likeness (QED) is 0.880. The lowest BCUT2D eigenvalue weighted by Crippen LogP contribution is -2.45. The number of phenolic OH excluding ortho intramolecular Hbond substituents is 1. The standard InChI is InChI=1S/C14H19NO2S/c1-10-4-5-12(16)11(8-10)13(17)15-9-14(18-2)6-3-7-14/h4-5,8,16H,3,6-7,9H2,1-2H3,(H,15,17). The molecular formula is C14H19NO2S. The molecule has 0 heterocycles. The second-order valence-electron chi connectivity index (χ2n) is 4.94. The minimum Gasteiger partial charge on any atom is -0.507 e. The van der Waals surface area contributed by atoms with Crippen molar-refractivity contribution in [1.29, 1.82) is 0 Å². The summed E-state index contributed by atoms with van der Waals surface area (Å²) in [5.41, 5.74) is 1.34. The van der Waals surface area contributed by atoms with Crippen molar-refractivity contribution in [2.24, 2.45) is 0 Å². The van der Waals surface area contributed by atoms with E-state index in [1.165, 1.54) is 6.42 Å². The lowest BCUT2D eigenvalue weighted by molar-refractivity contribution is 0.0941. The van der Waals surface area contributed by atoms with Crippen molar-refractivity contribution in [2.45, 2.75) is 30.9 Å². The summed E-state index contributed by atoms with van der Waals surface area (Å²) in [6.07, 6.45) is 5.66. The number of thioether (sulfide) groups is 1. The van der Waals surface area contributed by atoms with Crippen LogP contribution in [0.25, 0.3) is 0 Å². The van der Waals surface area contributed by atoms with Crippen molar-refractivity contribution in [1.82, 2.24) is 5.32 Å². The fourth-order valence-corrected chi connectivity index (χ4v) is 3.11. The van der Waals surface area contributed by atoms with Gasteiger partial charge < -0.3 is 10.4 Å². The van der Waals surface area contributed by atoms with Gasteiger partial charge in [-0.15, -0.1) is 0 Å². The highest BCUT2D eigenvalue weighted by Crippen LogP contribution is 2.42. The van der Waals surface area contributed by atoms with Crippen molar-refractivity contribution in [3.63, 3.8) is 0 Å². The van der Waals surface area contributed by atoms with Crippen LogP contribution < -0.4 is 5.32 Å². The van der Waals surface area contributed by atoms with Gasteiger partial charge in [-0.3, -0.25) is 4.79 Å². The lowest BCUT2D eigenvalue weighted by atomic mass is 9.84. The van der Waals surface area contributed by atoms with Crippen LogP contribution in [0.2, 0.25) is 0 Å². The van der Waals surface area contributed by atoms with Gasteiger partial charge in [0.15, 0.2) is 0 Å². The SMILES string of the molecule is CSC1(CNC(=O)c2cc(C)ccc2O)CCC1. The van der Waals surface area contributed by atoms with Gasteiger partial charge >= 0.3 is 0 Å². The molecule has 4 heteroatoms. The van der Waals surface area contributed by atoms with Crippen LogP contribution in [0.15, 0.2) is 18.2 Å². The lowest BCUT2D eigenvalue weighted by Gasteiger charge is -2.40. The third kappa shape index (κ3) is 2.64. The van der Waals surface area contributed by atoms with E-state index in [4.69, 9.17) is 0 Å². The Balaban J connectivity index is 2.01. The van der Waals surface area contributed by atoms with Gasteiger partial charge in [0, 0.05) is 11.3 Å². The van der Waals surface area contributed by atoms with Crippen LogP contribution in [0.1, 0.15) is 35.2 Å². The molecule has 2 rings (SSSR count). The molecule has 1 aromatic rings. The van der Waals surface area contributed by atoms with Crippen molar-refractivity contribution in [2.75, 3.05) is 12.8 Å². The molecule has 1 amide bonds. The van der Waals surface area contributed by atoms with Gasteiger partial charge in [0.25, 0.3) is 5.91 Å². The highest BCUT2D eigenvalue weighted by atomic mass is 32.2. The first-order chi connectivity index (χ1) is 8.56. The van der Waals surface area contributed by atoms with Gasteiger partial charge in [0.05, 0.1) is 5.56 Å². The molecule has 1 aliphatic carbocycles. The average Bonchev–Trinajstić information content (AvgIpc) is 2.31. The number of aromatic hydroxyl groups is 1. The zero-order valence-corrected chi connectivity index (χ0v) is 11.6. The Kier molecular flexibility index (Phi) is 3.85. The number of amides is 1. The molecule has 0 aliphatic heterocycles. The molecule has 1 aliphatic rings. The smallest absolute Gasteiger partial charge is 0.255 e. The molecule has 1 saturated carbocycles. The normalized spacial score (nSPS) is 17.0. The van der Waals surface area contributed by atoms with Crippen LogP contribution in [0, 0.1) is 6.92 Å². The van der Waals surface area contributed by atoms with Gasteiger partial charge in [-0.05, 0) is 38.2 Å². The molecule has 1 fully saturated rings. The number of hydrogen-bond acceptors (Lipinski definition) is 3. The Morgan fingerprint density at radius 3 is 2.78 bits per heavy atom. The number of carbonyl (C=O) groups excluding carboxylic acids is 1. The first-order valence-electron chi connectivity index (χ1n) is 6.19. The van der Waals surface area contributed by atoms with Crippen LogP contribution >= 0.6 is 11.8 Å². The maximum absolute atomic E-state index is 12.0. The first-order valence-corrected chi connectivity index (χ1v) is 7.42. The summed E-state index contributed by atoms with van der Waals surface area (Å²) >= 11 is 1.83. The molecule has 0 spiro atoms. The van der Waals surface area contributed by atoms with Crippen LogP contribution in [-0.2, 0) is 0 Å². The number of aryl methyl sites for hydroxylation is 1. The van der Waals surface area contributed by atoms with Crippen molar-refractivity contribution >= 4 is 17.7 Å². The summed E-state index contributed by atoms with van der Waals surface area (Å²) in [4.78, 5) is 12.0. The predicted octanol–water partition coefficient (Wildman–Crippen LogP) is 2.72. The minimum absolute atomic E-state index is 0.0462. The van der Waals surface area contributed by atoms with E-state index in [2.05, 4.69) is 11.6 Å². The van der Waals surface area contributed by atoms with Crippen LogP contribution in [0.4, 0.5) is 0 Å². The summed E-state index contributed by atoms with van der Waals surface area (Å²) in [5.74, 6) is -0.138. The molecule has 1 aromatic carbocycles. The second kappa shape index (κ2) is 5.22. The molecule has 0 radical (unpaired) electrons. The molecule has 0 unspecified atom stereocenters. The Morgan fingerprint density at radius 1 is 1.50 bits per heavy atom. The number of hydrogen-bond donors (Lipinski definition) is 2. The third-order valence-corrected chi connectivity index (χ3v) is 5.08. The molecular weight excluding hydrogens is 246 g/mol. The van der Waals surface area contributed by atoms with E-state index in [9.17, 15) is 9.90 Å². The second-order valence-corrected chi connectivity index (χ2v) is 6.22. The maximum Gasteiger partial charge on any atom is 0.255 e. The first kappa shape index (κ1) is 13.3. The van der Waals surface area contributed by atoms with E-state index >= 15 is 0 Å². The summed E-state index contributed by atoms with van der Waals surface area (Å²) in [6.45, 7) is 2.59. The zero-order chi connectivity index (χ0) is 13.2. The zero-order valence-electron chi connectivity index (χ0n) is 10.8. The van der Waals surface area contributed by atoms with Gasteiger partial charge in [0.1, 0.15) is 5.75 Å². The van der Waals surface area contributed by atoms with Crippen LogP contribution in [-0.4, -0.2) is 28.6 Å². The van der Waals surface area contributed by atoms with Crippen LogP contribution in [0.3, 0.4) is 0 Å². The highest BCUT2D eigenvalue weighted by Gasteiger charge is 2.36. The molecule has 2 N–H and O–H groups in total. The number of benzene rings is 1. The Bertz CT molecular complexity index is 450. The average molecular weight is 265 g/mol. The molecule has 98 valence electrons. The molecule has 0 aromatic heterocycles. The predicted molar refractivity (Wildman–Crippen MR) is 75.3 cm³/mol. The summed E-state index contributed by atoms with van der Waals surface area (Å²) in [5, 5.41) is 12.6. The van der Waals surface area contributed by atoms with Gasteiger partial charge in [-0.1, -0.05) is 18.1 Å². The van der Waals surface area contributed by atoms with Gasteiger partial charge in [-0.25, -0.2) is 0 Å². The molecule has 0 saturated heterocycles. The third-order valence-electron chi connectivity index (χ3n) is 3.67. The van der Waals surface area contributed by atoms with Crippen LogP contribution in [0.5, 0.6) is 5.75 Å². The fraction of sp³-hybridized carbons (Fsp3) is 0.500. The van der Waals surface area contributed by atoms with E-state index in [0.717, 1.165) is 18.4 Å². The largest absolute Gasteiger partial charge is 0.507 e. The number of phenols is 1. The van der Waals surface area contributed by atoms with E-state index < -0.39 is 0 Å². The van der Waals surface area contributed by atoms with Crippen molar-refractivity contribution in [3.05, 3.63) is 29.3 Å². The van der Waals surface area contributed by atoms with E-state index in [0.29, 0.717) is 12.1 Å². The van der Waals surface area contributed by atoms with Crippen molar-refractivity contribution < 1.29 is 9.90 Å². The minimum atomic E-state index is -0.184. The van der Waals surface area contributed by atoms with E-state index in [1.54, 1.807) is 18.2 Å². The molecule has 0 bridgehead atoms. The summed E-state index contributed by atoms with van der Waals surface area (Å²) < 4.78 is 0.217. The number of carbonyl (C=O) groups is 1. The van der Waals surface area contributed by atoms with Crippen molar-refractivity contribution in [3.8, 4) is 5.75 Å². The number of nitrogens with one attached hydrogen (secondary N) is 1. The maximum atomic E-state index is 12.0. The summed E-state index contributed by atoms with van der Waals surface area (Å²) in [6, 6.07) is 5.08. The number of rotatable bonds is 4. The Morgan fingerprint density at radius 2 is 2.22 bits per heavy atom. The fourth-order valence-electron chi connectivity index (χ4n) is 2.19. The topological polar surface area (TPSA) is 49.3 Å². The van der Waals surface area contributed by atoms with Gasteiger partial charge in [0.2, 0.25) is 0 Å². The van der Waals surface area contributed by atoms with E-state index in [-0.39, 0.29) is 16.4 Å². The molecule has 3 nitrogen and oxygen atoms in total. The summed E-state index contributed by atoms with van der Waals surface area (Å²) in [7, 11) is 0.